The molecule has 0 spiro atoms. The number of benzene rings is 1. The summed E-state index contributed by atoms with van der Waals surface area (Å²) in [5.41, 5.74) is 0.941. The molecule has 0 amide bonds. The molecule has 4 atom stereocenters. The van der Waals surface area contributed by atoms with Gasteiger partial charge < -0.3 is 15.2 Å². The Labute approximate surface area is 122 Å². The van der Waals surface area contributed by atoms with Crippen LogP contribution in [-0.2, 0) is 0 Å². The Bertz CT molecular complexity index is 404. The van der Waals surface area contributed by atoms with E-state index in [0.29, 0.717) is 6.04 Å². The molecule has 1 aromatic rings. The summed E-state index contributed by atoms with van der Waals surface area (Å²) in [5, 5.41) is 14.0. The van der Waals surface area contributed by atoms with Crippen molar-refractivity contribution in [1.82, 2.24) is 5.32 Å². The van der Waals surface area contributed by atoms with Crippen LogP contribution in [0.25, 0.3) is 0 Å². The number of hydrogen-bond acceptors (Lipinski definition) is 3. The Morgan fingerprint density at radius 3 is 2.55 bits per heavy atom. The third kappa shape index (κ3) is 3.74. The topological polar surface area (TPSA) is 41.5 Å². The fourth-order valence-corrected chi connectivity index (χ4v) is 3.15. The number of methoxy groups -OCH3 is 1. The fraction of sp³-hybridized carbons (Fsp3) is 0.647. The molecule has 0 bridgehead atoms. The third-order valence-electron chi connectivity index (χ3n) is 4.55. The van der Waals surface area contributed by atoms with E-state index in [1.54, 1.807) is 7.11 Å². The molecule has 1 saturated carbocycles. The van der Waals surface area contributed by atoms with Gasteiger partial charge >= 0.3 is 0 Å². The van der Waals surface area contributed by atoms with E-state index in [-0.39, 0.29) is 6.04 Å². The predicted octanol–water partition coefficient (Wildman–Crippen LogP) is 3.29. The van der Waals surface area contributed by atoms with E-state index in [1.165, 1.54) is 25.7 Å². The van der Waals surface area contributed by atoms with Crippen LogP contribution in [-0.4, -0.2) is 24.3 Å². The van der Waals surface area contributed by atoms with E-state index in [0.717, 1.165) is 17.2 Å². The van der Waals surface area contributed by atoms with E-state index >= 15 is 0 Å². The summed E-state index contributed by atoms with van der Waals surface area (Å²) in [6.45, 7) is 4.33. The maximum absolute atomic E-state index is 10.4. The second-order valence-corrected chi connectivity index (χ2v) is 5.96. The molecule has 1 aromatic carbocycles. The average Bonchev–Trinajstić information content (AvgIpc) is 2.94. The first kappa shape index (κ1) is 15.3. The zero-order valence-electron chi connectivity index (χ0n) is 12.8. The lowest BCUT2D eigenvalue weighted by atomic mass is 10.0. The smallest absolute Gasteiger partial charge is 0.118 e. The lowest BCUT2D eigenvalue weighted by Gasteiger charge is -2.24. The van der Waals surface area contributed by atoms with Crippen LogP contribution in [0, 0.1) is 5.92 Å². The molecular formula is C17H27NO2. The summed E-state index contributed by atoms with van der Waals surface area (Å²) in [4.78, 5) is 0. The van der Waals surface area contributed by atoms with E-state index in [2.05, 4.69) is 19.2 Å². The second-order valence-electron chi connectivity index (χ2n) is 5.96. The minimum atomic E-state index is -0.471. The molecule has 2 rings (SSSR count). The molecule has 1 fully saturated rings. The highest BCUT2D eigenvalue weighted by molar-refractivity contribution is 5.29. The summed E-state index contributed by atoms with van der Waals surface area (Å²) < 4.78 is 5.14. The summed E-state index contributed by atoms with van der Waals surface area (Å²) in [6.07, 6.45) is 4.60. The van der Waals surface area contributed by atoms with Crippen molar-refractivity contribution in [3.63, 3.8) is 0 Å². The van der Waals surface area contributed by atoms with Crippen LogP contribution in [0.15, 0.2) is 24.3 Å². The van der Waals surface area contributed by atoms with E-state index in [9.17, 15) is 5.11 Å². The number of nitrogens with one attached hydrogen (secondary N) is 1. The molecular weight excluding hydrogens is 250 g/mol. The molecule has 3 nitrogen and oxygen atoms in total. The molecule has 3 heteroatoms. The van der Waals surface area contributed by atoms with Crippen molar-refractivity contribution in [2.45, 2.75) is 57.7 Å². The van der Waals surface area contributed by atoms with Crippen molar-refractivity contribution in [3.8, 4) is 5.75 Å². The Kier molecular flexibility index (Phi) is 5.44. The van der Waals surface area contributed by atoms with Crippen molar-refractivity contribution in [3.05, 3.63) is 29.8 Å². The van der Waals surface area contributed by atoms with Crippen LogP contribution < -0.4 is 10.1 Å². The lowest BCUT2D eigenvalue weighted by Crippen LogP contribution is -2.38. The summed E-state index contributed by atoms with van der Waals surface area (Å²) in [7, 11) is 1.65. The maximum atomic E-state index is 10.4. The standard InChI is InChI=1S/C17H27NO2/c1-4-13-5-8-15(11-13)18-12(2)17(19)14-6-9-16(20-3)10-7-14/h6-7,9-10,12-13,15,17-19H,4-5,8,11H2,1-3H3. The molecule has 112 valence electrons. The van der Waals surface area contributed by atoms with Crippen LogP contribution in [0.2, 0.25) is 0 Å². The number of rotatable bonds is 6. The maximum Gasteiger partial charge on any atom is 0.118 e. The van der Waals surface area contributed by atoms with Gasteiger partial charge in [-0.25, -0.2) is 0 Å². The Morgan fingerprint density at radius 2 is 2.00 bits per heavy atom. The minimum Gasteiger partial charge on any atom is -0.497 e. The van der Waals surface area contributed by atoms with Crippen LogP contribution in [0.1, 0.15) is 51.2 Å². The predicted molar refractivity (Wildman–Crippen MR) is 82.0 cm³/mol. The van der Waals surface area contributed by atoms with Gasteiger partial charge in [0, 0.05) is 12.1 Å². The highest BCUT2D eigenvalue weighted by Crippen LogP contribution is 2.29. The molecule has 4 unspecified atom stereocenters. The molecule has 2 N–H and O–H groups in total. The minimum absolute atomic E-state index is 0.0731. The Hall–Kier alpha value is -1.06. The SMILES string of the molecule is CCC1CCC(NC(C)C(O)c2ccc(OC)cc2)C1. The van der Waals surface area contributed by atoms with Crippen LogP contribution in [0.4, 0.5) is 0 Å². The lowest BCUT2D eigenvalue weighted by molar-refractivity contribution is 0.129. The first-order chi connectivity index (χ1) is 9.63. The van der Waals surface area contributed by atoms with Gasteiger partial charge in [0.1, 0.15) is 5.75 Å². The van der Waals surface area contributed by atoms with Gasteiger partial charge in [-0.1, -0.05) is 25.5 Å². The average molecular weight is 277 g/mol. The van der Waals surface area contributed by atoms with Crippen LogP contribution >= 0.6 is 0 Å². The summed E-state index contributed by atoms with van der Waals surface area (Å²) in [6, 6.07) is 8.30. The van der Waals surface area contributed by atoms with Crippen LogP contribution in [0.3, 0.4) is 0 Å². The molecule has 0 aromatic heterocycles. The van der Waals surface area contributed by atoms with Crippen LogP contribution in [0.5, 0.6) is 5.75 Å². The molecule has 1 aliphatic carbocycles. The van der Waals surface area contributed by atoms with Gasteiger partial charge in [-0.15, -0.1) is 0 Å². The van der Waals surface area contributed by atoms with Gasteiger partial charge in [-0.05, 0) is 49.8 Å². The quantitative estimate of drug-likeness (QED) is 0.838. The highest BCUT2D eigenvalue weighted by Gasteiger charge is 2.26. The largest absolute Gasteiger partial charge is 0.497 e. The van der Waals surface area contributed by atoms with Crippen molar-refractivity contribution in [2.75, 3.05) is 7.11 Å². The fourth-order valence-electron chi connectivity index (χ4n) is 3.15. The van der Waals surface area contributed by atoms with Gasteiger partial charge in [0.15, 0.2) is 0 Å². The molecule has 0 saturated heterocycles. The Balaban J connectivity index is 1.89. The van der Waals surface area contributed by atoms with E-state index < -0.39 is 6.10 Å². The number of ether oxygens (including phenoxy) is 1. The van der Waals surface area contributed by atoms with Crippen molar-refractivity contribution in [2.24, 2.45) is 5.92 Å². The van der Waals surface area contributed by atoms with Crippen molar-refractivity contribution in [1.29, 1.82) is 0 Å². The molecule has 0 heterocycles. The van der Waals surface area contributed by atoms with Gasteiger partial charge in [-0.3, -0.25) is 0 Å². The van der Waals surface area contributed by atoms with E-state index in [4.69, 9.17) is 4.74 Å². The monoisotopic (exact) mass is 277 g/mol. The number of aliphatic hydroxyl groups excluding tert-OH is 1. The first-order valence-corrected chi connectivity index (χ1v) is 7.72. The highest BCUT2D eigenvalue weighted by atomic mass is 16.5. The second kappa shape index (κ2) is 7.09. The molecule has 20 heavy (non-hydrogen) atoms. The molecule has 1 aliphatic rings. The van der Waals surface area contributed by atoms with Crippen molar-refractivity contribution >= 4 is 0 Å². The molecule has 0 radical (unpaired) electrons. The van der Waals surface area contributed by atoms with Gasteiger partial charge in [0.05, 0.1) is 13.2 Å². The Morgan fingerprint density at radius 1 is 1.30 bits per heavy atom. The van der Waals surface area contributed by atoms with Crippen molar-refractivity contribution < 1.29 is 9.84 Å². The number of hydrogen-bond donors (Lipinski definition) is 2. The first-order valence-electron chi connectivity index (χ1n) is 7.72. The zero-order chi connectivity index (χ0) is 14.5. The summed E-state index contributed by atoms with van der Waals surface area (Å²) in [5.74, 6) is 1.68. The van der Waals surface area contributed by atoms with Gasteiger partial charge in [0.2, 0.25) is 0 Å². The summed E-state index contributed by atoms with van der Waals surface area (Å²) >= 11 is 0. The third-order valence-corrected chi connectivity index (χ3v) is 4.55. The zero-order valence-corrected chi connectivity index (χ0v) is 12.8. The molecule has 0 aliphatic heterocycles. The van der Waals surface area contributed by atoms with E-state index in [1.807, 2.05) is 24.3 Å². The number of aliphatic hydroxyl groups is 1. The normalized spacial score (nSPS) is 25.4. The van der Waals surface area contributed by atoms with Gasteiger partial charge in [0.25, 0.3) is 0 Å². The van der Waals surface area contributed by atoms with Gasteiger partial charge in [-0.2, -0.15) is 0 Å².